The SMILES string of the molecule is O=C(NC(CCSCn1cccn1)C(=O)O)OCC1c2ccccc2-c2ccccc21. The maximum absolute atomic E-state index is 12.3. The summed E-state index contributed by atoms with van der Waals surface area (Å²) in [5.41, 5.74) is 4.51. The van der Waals surface area contributed by atoms with Gasteiger partial charge in [-0.05, 0) is 40.5 Å². The van der Waals surface area contributed by atoms with Crippen molar-refractivity contribution in [3.63, 3.8) is 0 Å². The first-order valence-electron chi connectivity index (χ1n) is 10.0. The molecule has 160 valence electrons. The van der Waals surface area contributed by atoms with Crippen molar-refractivity contribution in [3.05, 3.63) is 78.1 Å². The molecule has 0 fully saturated rings. The molecule has 0 bridgehead atoms. The Kier molecular flexibility index (Phi) is 6.57. The van der Waals surface area contributed by atoms with Gasteiger partial charge < -0.3 is 15.2 Å². The monoisotopic (exact) mass is 437 g/mol. The summed E-state index contributed by atoms with van der Waals surface area (Å²) in [6.07, 6.45) is 3.12. The van der Waals surface area contributed by atoms with E-state index < -0.39 is 18.1 Å². The Morgan fingerprint density at radius 3 is 2.39 bits per heavy atom. The van der Waals surface area contributed by atoms with Crippen molar-refractivity contribution in [2.45, 2.75) is 24.3 Å². The van der Waals surface area contributed by atoms with E-state index in [0.717, 1.165) is 22.3 Å². The number of aromatic nitrogens is 2. The number of rotatable bonds is 9. The fraction of sp³-hybridized carbons (Fsp3) is 0.261. The quantitative estimate of drug-likeness (QED) is 0.492. The average molecular weight is 438 g/mol. The van der Waals surface area contributed by atoms with Gasteiger partial charge in [-0.2, -0.15) is 5.10 Å². The van der Waals surface area contributed by atoms with Crippen LogP contribution in [-0.2, 0) is 15.4 Å². The molecule has 1 amide bonds. The molecule has 2 aromatic carbocycles. The van der Waals surface area contributed by atoms with Crippen LogP contribution in [0.3, 0.4) is 0 Å². The van der Waals surface area contributed by atoms with Gasteiger partial charge in [0.15, 0.2) is 0 Å². The van der Waals surface area contributed by atoms with Gasteiger partial charge in [-0.1, -0.05) is 48.5 Å². The molecule has 1 heterocycles. The van der Waals surface area contributed by atoms with Crippen LogP contribution in [0.15, 0.2) is 67.0 Å². The molecule has 8 heteroatoms. The predicted octanol–water partition coefficient (Wildman–Crippen LogP) is 3.96. The highest BCUT2D eigenvalue weighted by molar-refractivity contribution is 7.98. The number of ether oxygens (including phenoxy) is 1. The summed E-state index contributed by atoms with van der Waals surface area (Å²) in [7, 11) is 0. The van der Waals surface area contributed by atoms with Gasteiger partial charge in [-0.25, -0.2) is 9.59 Å². The number of nitrogens with zero attached hydrogens (tertiary/aromatic N) is 2. The topological polar surface area (TPSA) is 93.5 Å². The lowest BCUT2D eigenvalue weighted by Crippen LogP contribution is -2.41. The lowest BCUT2D eigenvalue weighted by molar-refractivity contribution is -0.139. The van der Waals surface area contributed by atoms with E-state index in [1.165, 1.54) is 0 Å². The minimum Gasteiger partial charge on any atom is -0.480 e. The number of amides is 1. The molecule has 0 spiro atoms. The summed E-state index contributed by atoms with van der Waals surface area (Å²) in [4.78, 5) is 23.9. The van der Waals surface area contributed by atoms with Gasteiger partial charge in [0.2, 0.25) is 0 Å². The van der Waals surface area contributed by atoms with Crippen molar-refractivity contribution >= 4 is 23.8 Å². The third kappa shape index (κ3) is 4.91. The number of carboxylic acids is 1. The van der Waals surface area contributed by atoms with E-state index in [4.69, 9.17) is 4.74 Å². The van der Waals surface area contributed by atoms with Crippen LogP contribution in [0.2, 0.25) is 0 Å². The maximum atomic E-state index is 12.3. The highest BCUT2D eigenvalue weighted by Crippen LogP contribution is 2.44. The van der Waals surface area contributed by atoms with Gasteiger partial charge in [0.05, 0.1) is 5.88 Å². The lowest BCUT2D eigenvalue weighted by atomic mass is 9.98. The molecule has 2 N–H and O–H groups in total. The maximum Gasteiger partial charge on any atom is 0.407 e. The molecule has 0 aliphatic heterocycles. The van der Waals surface area contributed by atoms with Gasteiger partial charge in [-0.15, -0.1) is 11.8 Å². The van der Waals surface area contributed by atoms with E-state index in [9.17, 15) is 14.7 Å². The van der Waals surface area contributed by atoms with Crippen LogP contribution >= 0.6 is 11.8 Å². The lowest BCUT2D eigenvalue weighted by Gasteiger charge is -2.17. The average Bonchev–Trinajstić information content (AvgIpc) is 3.40. The van der Waals surface area contributed by atoms with Crippen molar-refractivity contribution in [2.75, 3.05) is 12.4 Å². The van der Waals surface area contributed by atoms with Crippen LogP contribution in [0, 0.1) is 0 Å². The van der Waals surface area contributed by atoms with E-state index in [1.54, 1.807) is 22.6 Å². The minimum absolute atomic E-state index is 0.0638. The molecule has 1 aliphatic carbocycles. The number of hydrogen-bond donors (Lipinski definition) is 2. The number of benzene rings is 2. The molecular weight excluding hydrogens is 414 g/mol. The molecule has 1 aliphatic rings. The standard InChI is InChI=1S/C23H23N3O4S/c27-22(28)21(10-13-31-15-26-12-5-11-24-26)25-23(29)30-14-20-18-8-3-1-6-16(18)17-7-2-4-9-19(17)20/h1-9,11-12,20-21H,10,13-15H2,(H,25,29)(H,27,28). The summed E-state index contributed by atoms with van der Waals surface area (Å²) in [6.45, 7) is 0.153. The van der Waals surface area contributed by atoms with Gasteiger partial charge in [0, 0.05) is 18.3 Å². The number of hydrogen-bond acceptors (Lipinski definition) is 5. The van der Waals surface area contributed by atoms with Crippen molar-refractivity contribution < 1.29 is 19.4 Å². The number of carbonyl (C=O) groups excluding carboxylic acids is 1. The Morgan fingerprint density at radius 1 is 1.10 bits per heavy atom. The summed E-state index contributed by atoms with van der Waals surface area (Å²) >= 11 is 1.55. The number of alkyl carbamates (subject to hydrolysis) is 1. The zero-order chi connectivity index (χ0) is 21.6. The van der Waals surface area contributed by atoms with E-state index >= 15 is 0 Å². The van der Waals surface area contributed by atoms with Gasteiger partial charge in [0.1, 0.15) is 12.6 Å². The predicted molar refractivity (Wildman–Crippen MR) is 119 cm³/mol. The first-order chi connectivity index (χ1) is 15.1. The van der Waals surface area contributed by atoms with Crippen LogP contribution in [0.1, 0.15) is 23.5 Å². The van der Waals surface area contributed by atoms with E-state index in [1.807, 2.05) is 48.7 Å². The van der Waals surface area contributed by atoms with E-state index in [0.29, 0.717) is 18.1 Å². The molecule has 1 unspecified atom stereocenters. The third-order valence-electron chi connectivity index (χ3n) is 5.27. The second-order valence-corrected chi connectivity index (χ2v) is 8.31. The molecule has 3 aromatic rings. The van der Waals surface area contributed by atoms with Crippen molar-refractivity contribution in [1.82, 2.24) is 15.1 Å². The van der Waals surface area contributed by atoms with Crippen molar-refractivity contribution in [2.24, 2.45) is 0 Å². The smallest absolute Gasteiger partial charge is 0.407 e. The Morgan fingerprint density at radius 2 is 1.77 bits per heavy atom. The summed E-state index contributed by atoms with van der Waals surface area (Å²) in [5.74, 6) is 0.0596. The Balaban J connectivity index is 1.31. The Bertz CT molecular complexity index is 1010. The van der Waals surface area contributed by atoms with Gasteiger partial charge in [0.25, 0.3) is 0 Å². The van der Waals surface area contributed by atoms with Crippen LogP contribution in [0.25, 0.3) is 11.1 Å². The Hall–Kier alpha value is -3.26. The minimum atomic E-state index is -1.08. The van der Waals surface area contributed by atoms with Crippen molar-refractivity contribution in [1.29, 1.82) is 0 Å². The van der Waals surface area contributed by atoms with Crippen LogP contribution in [-0.4, -0.2) is 45.4 Å². The molecule has 0 saturated heterocycles. The fourth-order valence-corrected chi connectivity index (χ4v) is 4.65. The molecular formula is C23H23N3O4S. The number of nitrogens with one attached hydrogen (secondary N) is 1. The fourth-order valence-electron chi connectivity index (χ4n) is 3.78. The summed E-state index contributed by atoms with van der Waals surface area (Å²) in [6, 6.07) is 17.0. The highest BCUT2D eigenvalue weighted by atomic mass is 32.2. The van der Waals surface area contributed by atoms with E-state index in [2.05, 4.69) is 22.5 Å². The number of fused-ring (bicyclic) bond motifs is 3. The largest absolute Gasteiger partial charge is 0.480 e. The normalized spacial score (nSPS) is 13.3. The second-order valence-electron chi connectivity index (χ2n) is 7.23. The summed E-state index contributed by atoms with van der Waals surface area (Å²) in [5, 5.41) is 16.0. The first kappa shape index (κ1) is 21.0. The number of aliphatic carboxylic acids is 1. The van der Waals surface area contributed by atoms with Crippen LogP contribution in [0.4, 0.5) is 4.79 Å². The second kappa shape index (κ2) is 9.70. The third-order valence-corrected chi connectivity index (χ3v) is 6.24. The van der Waals surface area contributed by atoms with Gasteiger partial charge >= 0.3 is 12.1 Å². The zero-order valence-electron chi connectivity index (χ0n) is 16.8. The number of thioether (sulfide) groups is 1. The first-order valence-corrected chi connectivity index (χ1v) is 11.2. The van der Waals surface area contributed by atoms with Crippen molar-refractivity contribution in [3.8, 4) is 11.1 Å². The van der Waals surface area contributed by atoms with Crippen LogP contribution in [0.5, 0.6) is 0 Å². The number of carbonyl (C=O) groups is 2. The molecule has 31 heavy (non-hydrogen) atoms. The number of carboxylic acid groups (broad SMARTS) is 1. The molecule has 0 saturated carbocycles. The molecule has 1 aromatic heterocycles. The molecule has 1 atom stereocenters. The van der Waals surface area contributed by atoms with Gasteiger partial charge in [-0.3, -0.25) is 4.68 Å². The van der Waals surface area contributed by atoms with E-state index in [-0.39, 0.29) is 12.5 Å². The highest BCUT2D eigenvalue weighted by Gasteiger charge is 2.29. The Labute approximate surface area is 184 Å². The molecule has 4 rings (SSSR count). The zero-order valence-corrected chi connectivity index (χ0v) is 17.6. The summed E-state index contributed by atoms with van der Waals surface area (Å²) < 4.78 is 7.21. The molecule has 0 radical (unpaired) electrons. The van der Waals surface area contributed by atoms with Crippen LogP contribution < -0.4 is 5.32 Å². The molecule has 7 nitrogen and oxygen atoms in total.